The first-order valence-corrected chi connectivity index (χ1v) is 7.43. The highest BCUT2D eigenvalue weighted by atomic mass is 35.5. The molecular formula is C17H17ClN4. The molecule has 0 unspecified atom stereocenters. The highest BCUT2D eigenvalue weighted by molar-refractivity contribution is 6.33. The van der Waals surface area contributed by atoms with Crippen LogP contribution >= 0.6 is 11.6 Å². The standard InChI is InChI=1S/C17H17ClN4/c1-11-12(8-6-10-15(11)19-2)16-20-21-17(22(16)3)13-7-4-5-9-14(13)18/h4-10,19H,1-3H3. The van der Waals surface area contributed by atoms with Crippen LogP contribution < -0.4 is 5.32 Å². The Bertz CT molecular complexity index is 823. The number of rotatable bonds is 3. The predicted octanol–water partition coefficient (Wildman–Crippen LogP) is 4.15. The van der Waals surface area contributed by atoms with E-state index in [1.165, 1.54) is 0 Å². The smallest absolute Gasteiger partial charge is 0.165 e. The molecule has 0 aliphatic heterocycles. The Kier molecular flexibility index (Phi) is 3.86. The van der Waals surface area contributed by atoms with Gasteiger partial charge in [0.25, 0.3) is 0 Å². The van der Waals surface area contributed by atoms with Crippen molar-refractivity contribution in [1.82, 2.24) is 14.8 Å². The van der Waals surface area contributed by atoms with Crippen LogP contribution in [0.4, 0.5) is 5.69 Å². The lowest BCUT2D eigenvalue weighted by atomic mass is 10.1. The molecule has 0 radical (unpaired) electrons. The van der Waals surface area contributed by atoms with E-state index in [0.717, 1.165) is 34.0 Å². The van der Waals surface area contributed by atoms with E-state index in [1.807, 2.05) is 55.1 Å². The summed E-state index contributed by atoms with van der Waals surface area (Å²) in [5.74, 6) is 1.58. The fraction of sp³-hybridized carbons (Fsp3) is 0.176. The zero-order valence-corrected chi connectivity index (χ0v) is 13.5. The monoisotopic (exact) mass is 312 g/mol. The molecule has 22 heavy (non-hydrogen) atoms. The van der Waals surface area contributed by atoms with Gasteiger partial charge in [0.05, 0.1) is 5.02 Å². The summed E-state index contributed by atoms with van der Waals surface area (Å²) in [6, 6.07) is 13.8. The van der Waals surface area contributed by atoms with E-state index in [0.29, 0.717) is 5.02 Å². The molecule has 0 spiro atoms. The highest BCUT2D eigenvalue weighted by Crippen LogP contribution is 2.31. The Morgan fingerprint density at radius 2 is 1.59 bits per heavy atom. The molecule has 0 aliphatic rings. The predicted molar refractivity (Wildman–Crippen MR) is 91.2 cm³/mol. The van der Waals surface area contributed by atoms with Gasteiger partial charge in [-0.05, 0) is 30.7 Å². The van der Waals surface area contributed by atoms with Gasteiger partial charge in [-0.25, -0.2) is 0 Å². The van der Waals surface area contributed by atoms with Crippen LogP contribution in [0.25, 0.3) is 22.8 Å². The van der Waals surface area contributed by atoms with Gasteiger partial charge in [0, 0.05) is 30.9 Å². The summed E-state index contributed by atoms with van der Waals surface area (Å²) in [4.78, 5) is 0. The fourth-order valence-electron chi connectivity index (χ4n) is 2.59. The second kappa shape index (κ2) is 5.81. The van der Waals surface area contributed by atoms with E-state index in [4.69, 9.17) is 11.6 Å². The molecule has 0 aliphatic carbocycles. The van der Waals surface area contributed by atoms with Gasteiger partial charge in [-0.2, -0.15) is 0 Å². The maximum Gasteiger partial charge on any atom is 0.165 e. The van der Waals surface area contributed by atoms with Gasteiger partial charge < -0.3 is 9.88 Å². The topological polar surface area (TPSA) is 42.7 Å². The van der Waals surface area contributed by atoms with Gasteiger partial charge in [0.2, 0.25) is 0 Å². The quantitative estimate of drug-likeness (QED) is 0.790. The normalized spacial score (nSPS) is 10.7. The Hall–Kier alpha value is -2.33. The summed E-state index contributed by atoms with van der Waals surface area (Å²) in [6.45, 7) is 2.07. The Morgan fingerprint density at radius 3 is 2.27 bits per heavy atom. The van der Waals surface area contributed by atoms with Crippen LogP contribution in [0.2, 0.25) is 5.02 Å². The lowest BCUT2D eigenvalue weighted by Crippen LogP contribution is -1.99. The minimum Gasteiger partial charge on any atom is -0.388 e. The molecule has 0 saturated carbocycles. The van der Waals surface area contributed by atoms with E-state index >= 15 is 0 Å². The van der Waals surface area contributed by atoms with Gasteiger partial charge in [0.1, 0.15) is 0 Å². The first-order valence-electron chi connectivity index (χ1n) is 7.05. The van der Waals surface area contributed by atoms with E-state index < -0.39 is 0 Å². The maximum atomic E-state index is 6.27. The molecule has 0 saturated heterocycles. The lowest BCUT2D eigenvalue weighted by Gasteiger charge is -2.11. The van der Waals surface area contributed by atoms with Gasteiger partial charge in [-0.1, -0.05) is 35.9 Å². The summed E-state index contributed by atoms with van der Waals surface area (Å²) in [6.07, 6.45) is 0. The van der Waals surface area contributed by atoms with Crippen LogP contribution in [0, 0.1) is 6.92 Å². The molecule has 112 valence electrons. The molecule has 1 heterocycles. The van der Waals surface area contributed by atoms with E-state index in [2.05, 4.69) is 28.5 Å². The Morgan fingerprint density at radius 1 is 0.955 bits per heavy atom. The molecule has 3 aromatic rings. The molecule has 0 bridgehead atoms. The molecule has 0 amide bonds. The van der Waals surface area contributed by atoms with Gasteiger partial charge in [-0.3, -0.25) is 0 Å². The second-order valence-electron chi connectivity index (χ2n) is 5.11. The van der Waals surface area contributed by atoms with Crippen LogP contribution in [0.15, 0.2) is 42.5 Å². The van der Waals surface area contributed by atoms with Gasteiger partial charge in [-0.15, -0.1) is 10.2 Å². The first kappa shape index (κ1) is 14.6. The van der Waals surface area contributed by atoms with Crippen molar-refractivity contribution in [3.63, 3.8) is 0 Å². The molecule has 1 N–H and O–H groups in total. The number of anilines is 1. The Balaban J connectivity index is 2.14. The van der Waals surface area contributed by atoms with Crippen LogP contribution in [0.5, 0.6) is 0 Å². The van der Waals surface area contributed by atoms with Crippen molar-refractivity contribution in [3.05, 3.63) is 53.1 Å². The molecule has 0 fully saturated rings. The largest absolute Gasteiger partial charge is 0.388 e. The molecule has 4 nitrogen and oxygen atoms in total. The SMILES string of the molecule is CNc1cccc(-c2nnc(-c3ccccc3Cl)n2C)c1C. The van der Waals surface area contributed by atoms with Crippen molar-refractivity contribution < 1.29 is 0 Å². The van der Waals surface area contributed by atoms with Crippen molar-refractivity contribution in [2.45, 2.75) is 6.92 Å². The summed E-state index contributed by atoms with van der Waals surface area (Å²) >= 11 is 6.27. The van der Waals surface area contributed by atoms with Gasteiger partial charge >= 0.3 is 0 Å². The number of hydrogen-bond donors (Lipinski definition) is 1. The third-order valence-electron chi connectivity index (χ3n) is 3.83. The van der Waals surface area contributed by atoms with Crippen molar-refractivity contribution in [2.24, 2.45) is 7.05 Å². The summed E-state index contributed by atoms with van der Waals surface area (Å²) in [5, 5.41) is 12.6. The molecule has 0 atom stereocenters. The second-order valence-corrected chi connectivity index (χ2v) is 5.52. The van der Waals surface area contributed by atoms with E-state index in [-0.39, 0.29) is 0 Å². The van der Waals surface area contributed by atoms with Crippen molar-refractivity contribution in [2.75, 3.05) is 12.4 Å². The molecule has 5 heteroatoms. The number of nitrogens with zero attached hydrogens (tertiary/aromatic N) is 3. The van der Waals surface area contributed by atoms with E-state index in [1.54, 1.807) is 0 Å². The van der Waals surface area contributed by atoms with Crippen molar-refractivity contribution in [3.8, 4) is 22.8 Å². The number of nitrogens with one attached hydrogen (secondary N) is 1. The third kappa shape index (κ3) is 2.35. The number of hydrogen-bond acceptors (Lipinski definition) is 3. The average Bonchev–Trinajstić information content (AvgIpc) is 2.89. The van der Waals surface area contributed by atoms with Gasteiger partial charge in [0.15, 0.2) is 11.6 Å². The summed E-state index contributed by atoms with van der Waals surface area (Å²) < 4.78 is 1.98. The molecule has 1 aromatic heterocycles. The van der Waals surface area contributed by atoms with Crippen LogP contribution in [-0.4, -0.2) is 21.8 Å². The highest BCUT2D eigenvalue weighted by Gasteiger charge is 2.16. The maximum absolute atomic E-state index is 6.27. The first-order chi connectivity index (χ1) is 10.6. The zero-order chi connectivity index (χ0) is 15.7. The summed E-state index contributed by atoms with van der Waals surface area (Å²) in [7, 11) is 3.87. The van der Waals surface area contributed by atoms with Crippen molar-refractivity contribution >= 4 is 17.3 Å². The third-order valence-corrected chi connectivity index (χ3v) is 4.16. The van der Waals surface area contributed by atoms with Crippen LogP contribution in [0.1, 0.15) is 5.56 Å². The van der Waals surface area contributed by atoms with Crippen molar-refractivity contribution in [1.29, 1.82) is 0 Å². The molecular weight excluding hydrogens is 296 g/mol. The van der Waals surface area contributed by atoms with Crippen LogP contribution in [0.3, 0.4) is 0 Å². The average molecular weight is 313 g/mol. The fourth-order valence-corrected chi connectivity index (χ4v) is 2.81. The minimum atomic E-state index is 0.672. The molecule has 3 rings (SSSR count). The number of halogens is 1. The summed E-state index contributed by atoms with van der Waals surface area (Å²) in [5.41, 5.74) is 4.17. The Labute approximate surface area is 134 Å². The molecule has 2 aromatic carbocycles. The number of benzene rings is 2. The van der Waals surface area contributed by atoms with Crippen LogP contribution in [-0.2, 0) is 7.05 Å². The number of aromatic nitrogens is 3. The zero-order valence-electron chi connectivity index (χ0n) is 12.8. The lowest BCUT2D eigenvalue weighted by molar-refractivity contribution is 0.928. The minimum absolute atomic E-state index is 0.672. The van der Waals surface area contributed by atoms with E-state index in [9.17, 15) is 0 Å².